The number of rotatable bonds is 1. The van der Waals surface area contributed by atoms with Crippen LogP contribution >= 0.6 is 0 Å². The Balaban J connectivity index is 2.10. The predicted molar refractivity (Wildman–Crippen MR) is 91.1 cm³/mol. The normalized spacial score (nSPS) is 18.2. The lowest BCUT2D eigenvalue weighted by molar-refractivity contribution is 0.00607. The number of hydrogen-bond donors (Lipinski definition) is 1. The molecule has 6 nitrogen and oxygen atoms in total. The number of carbonyl (C=O) groups excluding carboxylic acids is 2. The SMILES string of the molecule is Cc1cc(C(=O)N2CCN(C(=O)OC(C)(C)C)CC2C)c(F)cc1O. The van der Waals surface area contributed by atoms with Crippen molar-refractivity contribution in [3.63, 3.8) is 0 Å². The molecule has 1 heterocycles. The fraction of sp³-hybridized carbons (Fsp3) is 0.556. The van der Waals surface area contributed by atoms with Crippen molar-refractivity contribution in [3.05, 3.63) is 29.1 Å². The van der Waals surface area contributed by atoms with Gasteiger partial charge in [0.25, 0.3) is 5.91 Å². The van der Waals surface area contributed by atoms with Gasteiger partial charge in [0.2, 0.25) is 0 Å². The molecule has 0 aliphatic carbocycles. The third kappa shape index (κ3) is 4.41. The van der Waals surface area contributed by atoms with E-state index in [-0.39, 0.29) is 17.4 Å². The average molecular weight is 352 g/mol. The minimum atomic E-state index is -0.755. The van der Waals surface area contributed by atoms with Gasteiger partial charge in [0.15, 0.2) is 0 Å². The smallest absolute Gasteiger partial charge is 0.410 e. The van der Waals surface area contributed by atoms with Gasteiger partial charge in [-0.3, -0.25) is 4.79 Å². The first kappa shape index (κ1) is 19.0. The van der Waals surface area contributed by atoms with E-state index < -0.39 is 23.4 Å². The van der Waals surface area contributed by atoms with E-state index in [9.17, 15) is 19.1 Å². The van der Waals surface area contributed by atoms with Crippen LogP contribution in [0.3, 0.4) is 0 Å². The summed E-state index contributed by atoms with van der Waals surface area (Å²) in [6.45, 7) is 9.73. The van der Waals surface area contributed by atoms with Gasteiger partial charge in [-0.05, 0) is 46.2 Å². The molecule has 1 aliphatic heterocycles. The summed E-state index contributed by atoms with van der Waals surface area (Å²) in [6.07, 6.45) is -0.418. The summed E-state index contributed by atoms with van der Waals surface area (Å²) < 4.78 is 19.4. The van der Waals surface area contributed by atoms with Crippen molar-refractivity contribution in [1.29, 1.82) is 0 Å². The first-order valence-corrected chi connectivity index (χ1v) is 8.27. The van der Waals surface area contributed by atoms with Gasteiger partial charge in [0.05, 0.1) is 5.56 Å². The Morgan fingerprint density at radius 1 is 1.28 bits per heavy atom. The molecule has 25 heavy (non-hydrogen) atoms. The fourth-order valence-electron chi connectivity index (χ4n) is 2.74. The van der Waals surface area contributed by atoms with Gasteiger partial charge in [-0.25, -0.2) is 9.18 Å². The van der Waals surface area contributed by atoms with Crippen LogP contribution in [0.2, 0.25) is 0 Å². The summed E-state index contributed by atoms with van der Waals surface area (Å²) in [6, 6.07) is 2.02. The molecule has 1 N–H and O–H groups in total. The zero-order valence-corrected chi connectivity index (χ0v) is 15.3. The molecule has 1 aromatic carbocycles. The summed E-state index contributed by atoms with van der Waals surface area (Å²) >= 11 is 0. The van der Waals surface area contributed by atoms with E-state index in [2.05, 4.69) is 0 Å². The number of piperazine rings is 1. The van der Waals surface area contributed by atoms with Crippen LogP contribution in [0.4, 0.5) is 9.18 Å². The van der Waals surface area contributed by atoms with Crippen LogP contribution in [-0.2, 0) is 4.74 Å². The molecule has 1 fully saturated rings. The van der Waals surface area contributed by atoms with Crippen molar-refractivity contribution in [3.8, 4) is 5.75 Å². The number of hydrogen-bond acceptors (Lipinski definition) is 4. The highest BCUT2D eigenvalue weighted by atomic mass is 19.1. The first-order chi connectivity index (χ1) is 11.5. The second kappa shape index (κ2) is 6.90. The molecule has 0 bridgehead atoms. The Bertz CT molecular complexity index is 684. The fourth-order valence-corrected chi connectivity index (χ4v) is 2.74. The van der Waals surface area contributed by atoms with E-state index in [1.807, 2.05) is 0 Å². The van der Waals surface area contributed by atoms with Gasteiger partial charge < -0.3 is 19.6 Å². The monoisotopic (exact) mass is 352 g/mol. The molecule has 138 valence electrons. The second-order valence-corrected chi connectivity index (χ2v) is 7.39. The number of ether oxygens (including phenoxy) is 1. The third-order valence-corrected chi connectivity index (χ3v) is 4.06. The summed E-state index contributed by atoms with van der Waals surface area (Å²) in [5.74, 6) is -1.39. The molecule has 0 radical (unpaired) electrons. The maximum atomic E-state index is 14.1. The Hall–Kier alpha value is -2.31. The van der Waals surface area contributed by atoms with Crippen molar-refractivity contribution in [1.82, 2.24) is 9.80 Å². The highest BCUT2D eigenvalue weighted by molar-refractivity contribution is 5.95. The molecule has 1 saturated heterocycles. The zero-order valence-electron chi connectivity index (χ0n) is 15.3. The topological polar surface area (TPSA) is 70.1 Å². The Morgan fingerprint density at radius 2 is 1.92 bits per heavy atom. The van der Waals surface area contributed by atoms with Crippen LogP contribution in [0, 0.1) is 12.7 Å². The zero-order chi connectivity index (χ0) is 18.9. The molecular formula is C18H25FN2O4. The van der Waals surface area contributed by atoms with Gasteiger partial charge >= 0.3 is 6.09 Å². The standard InChI is InChI=1S/C18H25FN2O4/c1-11-8-13(14(19)9-15(11)22)16(23)21-7-6-20(10-12(21)2)17(24)25-18(3,4)5/h8-9,12,22H,6-7,10H2,1-5H3. The molecule has 1 aromatic rings. The van der Waals surface area contributed by atoms with E-state index in [1.54, 1.807) is 39.5 Å². The van der Waals surface area contributed by atoms with E-state index in [4.69, 9.17) is 4.74 Å². The summed E-state index contributed by atoms with van der Waals surface area (Å²) in [4.78, 5) is 27.9. The number of phenolic OH excluding ortho intramolecular Hbond substituents is 1. The van der Waals surface area contributed by atoms with Crippen LogP contribution in [0.5, 0.6) is 5.75 Å². The molecular weight excluding hydrogens is 327 g/mol. The molecule has 1 unspecified atom stereocenters. The molecule has 7 heteroatoms. The van der Waals surface area contributed by atoms with Crippen molar-refractivity contribution < 1.29 is 23.8 Å². The van der Waals surface area contributed by atoms with Crippen molar-refractivity contribution in [2.75, 3.05) is 19.6 Å². The molecule has 1 aliphatic rings. The van der Waals surface area contributed by atoms with E-state index in [1.165, 1.54) is 11.0 Å². The summed E-state index contributed by atoms with van der Waals surface area (Å²) in [7, 11) is 0. The molecule has 1 atom stereocenters. The van der Waals surface area contributed by atoms with Gasteiger partial charge in [0.1, 0.15) is 17.2 Å². The Labute approximate surface area is 147 Å². The van der Waals surface area contributed by atoms with Crippen molar-refractivity contribution in [2.24, 2.45) is 0 Å². The maximum Gasteiger partial charge on any atom is 0.410 e. The summed E-state index contributed by atoms with van der Waals surface area (Å²) in [5, 5.41) is 9.53. The van der Waals surface area contributed by atoms with Gasteiger partial charge in [0, 0.05) is 31.7 Å². The van der Waals surface area contributed by atoms with Gasteiger partial charge in [-0.1, -0.05) is 0 Å². The molecule has 2 amide bonds. The molecule has 0 spiro atoms. The van der Waals surface area contributed by atoms with E-state index >= 15 is 0 Å². The number of aromatic hydroxyl groups is 1. The van der Waals surface area contributed by atoms with Gasteiger partial charge in [-0.15, -0.1) is 0 Å². The predicted octanol–water partition coefficient (Wildman–Crippen LogP) is 2.92. The highest BCUT2D eigenvalue weighted by Gasteiger charge is 2.33. The number of carbonyl (C=O) groups is 2. The lowest BCUT2D eigenvalue weighted by atomic mass is 10.1. The quantitative estimate of drug-likeness (QED) is 0.844. The molecule has 0 aromatic heterocycles. The minimum Gasteiger partial charge on any atom is -0.508 e. The van der Waals surface area contributed by atoms with E-state index in [0.29, 0.717) is 25.2 Å². The van der Waals surface area contributed by atoms with Crippen molar-refractivity contribution >= 4 is 12.0 Å². The van der Waals surface area contributed by atoms with Crippen LogP contribution in [0.25, 0.3) is 0 Å². The van der Waals surface area contributed by atoms with Gasteiger partial charge in [-0.2, -0.15) is 0 Å². The number of benzene rings is 1. The van der Waals surface area contributed by atoms with E-state index in [0.717, 1.165) is 6.07 Å². The maximum absolute atomic E-state index is 14.1. The van der Waals surface area contributed by atoms with Crippen LogP contribution < -0.4 is 0 Å². The van der Waals surface area contributed by atoms with Crippen LogP contribution in [0.15, 0.2) is 12.1 Å². The third-order valence-electron chi connectivity index (χ3n) is 4.06. The number of amides is 2. The Kier molecular flexibility index (Phi) is 5.25. The minimum absolute atomic E-state index is 0.0760. The highest BCUT2D eigenvalue weighted by Crippen LogP contribution is 2.24. The lowest BCUT2D eigenvalue weighted by Gasteiger charge is -2.40. The molecule has 0 saturated carbocycles. The molecule has 2 rings (SSSR count). The second-order valence-electron chi connectivity index (χ2n) is 7.39. The average Bonchev–Trinajstić information content (AvgIpc) is 2.48. The van der Waals surface area contributed by atoms with Crippen LogP contribution in [-0.4, -0.2) is 58.2 Å². The number of phenols is 1. The first-order valence-electron chi connectivity index (χ1n) is 8.27. The lowest BCUT2D eigenvalue weighted by Crippen LogP contribution is -2.56. The van der Waals surface area contributed by atoms with Crippen LogP contribution in [0.1, 0.15) is 43.6 Å². The number of nitrogens with zero attached hydrogens (tertiary/aromatic N) is 2. The van der Waals surface area contributed by atoms with Crippen molar-refractivity contribution in [2.45, 2.75) is 46.3 Å². The number of halogens is 1. The Morgan fingerprint density at radius 3 is 2.48 bits per heavy atom. The summed E-state index contributed by atoms with van der Waals surface area (Å²) in [5.41, 5.74) is -0.224. The number of aryl methyl sites for hydroxylation is 1. The largest absolute Gasteiger partial charge is 0.508 e.